The molecule has 1 unspecified atom stereocenters. The van der Waals surface area contributed by atoms with Crippen molar-refractivity contribution in [1.29, 1.82) is 0 Å². The zero-order valence-corrected chi connectivity index (χ0v) is 17.5. The molecule has 1 atom stereocenters. The molecule has 1 fully saturated rings. The van der Waals surface area contributed by atoms with E-state index in [1.54, 1.807) is 54.6 Å². The lowest BCUT2D eigenvalue weighted by atomic mass is 9.95. The lowest BCUT2D eigenvalue weighted by Crippen LogP contribution is -2.29. The first kappa shape index (κ1) is 21.6. The number of amides is 1. The second kappa shape index (κ2) is 8.51. The zero-order valence-electron chi connectivity index (χ0n) is 17.5. The number of Topliss-reactive ketones (excluding diaryl/α,β-unsaturated/α-hetero) is 2. The first-order valence-electron chi connectivity index (χ1n) is 10.0. The van der Waals surface area contributed by atoms with Crippen molar-refractivity contribution in [3.8, 4) is 0 Å². The fraction of sp³-hybridized carbons (Fsp3) is 0.0800. The van der Waals surface area contributed by atoms with Gasteiger partial charge in [0.05, 0.1) is 16.5 Å². The van der Waals surface area contributed by atoms with Crippen molar-refractivity contribution < 1.29 is 24.4 Å². The monoisotopic (exact) mass is 442 g/mol. The van der Waals surface area contributed by atoms with Crippen LogP contribution in [0.15, 0.2) is 84.4 Å². The van der Waals surface area contributed by atoms with Crippen molar-refractivity contribution >= 4 is 34.6 Å². The summed E-state index contributed by atoms with van der Waals surface area (Å²) < 4.78 is 0. The van der Waals surface area contributed by atoms with Crippen LogP contribution in [0.25, 0.3) is 5.76 Å². The number of rotatable bonds is 5. The van der Waals surface area contributed by atoms with Gasteiger partial charge in [-0.1, -0.05) is 30.3 Å². The summed E-state index contributed by atoms with van der Waals surface area (Å²) in [6, 6.07) is 18.9. The number of carbonyl (C=O) groups is 3. The summed E-state index contributed by atoms with van der Waals surface area (Å²) in [5.41, 5.74) is 1.27. The van der Waals surface area contributed by atoms with E-state index < -0.39 is 22.7 Å². The third-order valence-corrected chi connectivity index (χ3v) is 5.46. The smallest absolute Gasteiger partial charge is 0.300 e. The molecule has 1 aliphatic heterocycles. The summed E-state index contributed by atoms with van der Waals surface area (Å²) in [6.45, 7) is 1.41. The molecule has 1 amide bonds. The van der Waals surface area contributed by atoms with Gasteiger partial charge in [-0.2, -0.15) is 0 Å². The molecule has 33 heavy (non-hydrogen) atoms. The molecule has 0 bridgehead atoms. The van der Waals surface area contributed by atoms with Crippen LogP contribution in [0.2, 0.25) is 0 Å². The number of aliphatic hydroxyl groups excluding tert-OH is 1. The van der Waals surface area contributed by atoms with Crippen LogP contribution in [-0.4, -0.2) is 27.5 Å². The number of benzene rings is 3. The van der Waals surface area contributed by atoms with Crippen molar-refractivity contribution in [2.45, 2.75) is 13.0 Å². The maximum absolute atomic E-state index is 13.1. The number of aliphatic hydroxyl groups is 1. The molecule has 8 nitrogen and oxygen atoms in total. The van der Waals surface area contributed by atoms with Crippen LogP contribution in [0.1, 0.15) is 34.5 Å². The average molecular weight is 442 g/mol. The molecule has 1 heterocycles. The van der Waals surface area contributed by atoms with Gasteiger partial charge in [0.15, 0.2) is 5.78 Å². The first-order chi connectivity index (χ1) is 15.8. The third-order valence-electron chi connectivity index (χ3n) is 5.46. The fourth-order valence-corrected chi connectivity index (χ4v) is 3.80. The zero-order chi connectivity index (χ0) is 23.7. The highest BCUT2D eigenvalue weighted by atomic mass is 16.6. The highest BCUT2D eigenvalue weighted by molar-refractivity contribution is 6.51. The van der Waals surface area contributed by atoms with Gasteiger partial charge in [-0.05, 0) is 48.9 Å². The van der Waals surface area contributed by atoms with E-state index in [0.717, 1.165) is 0 Å². The largest absolute Gasteiger partial charge is 0.507 e. The maximum atomic E-state index is 13.1. The predicted molar refractivity (Wildman–Crippen MR) is 121 cm³/mol. The van der Waals surface area contributed by atoms with Gasteiger partial charge in [-0.25, -0.2) is 0 Å². The highest BCUT2D eigenvalue weighted by Crippen LogP contribution is 2.42. The van der Waals surface area contributed by atoms with Crippen LogP contribution in [0.5, 0.6) is 0 Å². The van der Waals surface area contributed by atoms with Crippen molar-refractivity contribution in [2.24, 2.45) is 0 Å². The summed E-state index contributed by atoms with van der Waals surface area (Å²) in [6.07, 6.45) is 0. The van der Waals surface area contributed by atoms with E-state index in [2.05, 4.69) is 0 Å². The molecule has 3 aromatic carbocycles. The molecule has 0 radical (unpaired) electrons. The molecule has 0 spiro atoms. The summed E-state index contributed by atoms with van der Waals surface area (Å²) in [5, 5.41) is 22.1. The van der Waals surface area contributed by atoms with Gasteiger partial charge in [0.25, 0.3) is 17.4 Å². The Balaban J connectivity index is 1.91. The van der Waals surface area contributed by atoms with Crippen LogP contribution in [0.3, 0.4) is 0 Å². The van der Waals surface area contributed by atoms with Crippen LogP contribution >= 0.6 is 0 Å². The van der Waals surface area contributed by atoms with E-state index in [0.29, 0.717) is 22.4 Å². The molecular weight excluding hydrogens is 424 g/mol. The SMILES string of the molecule is CC(=O)c1ccc(N2C(=O)C(=O)/C(=C(\O)c3ccccc3)C2c2ccc([N+](=O)[O-])cc2)cc1. The topological polar surface area (TPSA) is 118 Å². The van der Waals surface area contributed by atoms with E-state index in [9.17, 15) is 29.6 Å². The minimum absolute atomic E-state index is 0.129. The Kier molecular flexibility index (Phi) is 5.58. The average Bonchev–Trinajstić information content (AvgIpc) is 3.09. The fourth-order valence-electron chi connectivity index (χ4n) is 3.80. The molecule has 164 valence electrons. The number of anilines is 1. The minimum atomic E-state index is -1.02. The van der Waals surface area contributed by atoms with Gasteiger partial charge in [0.2, 0.25) is 0 Å². The molecule has 3 aromatic rings. The number of carbonyl (C=O) groups excluding carboxylic acids is 3. The summed E-state index contributed by atoms with van der Waals surface area (Å²) in [4.78, 5) is 49.5. The van der Waals surface area contributed by atoms with E-state index in [1.165, 1.54) is 36.1 Å². The van der Waals surface area contributed by atoms with Gasteiger partial charge >= 0.3 is 0 Å². The Bertz CT molecular complexity index is 1290. The Hall–Kier alpha value is -4.59. The van der Waals surface area contributed by atoms with Crippen molar-refractivity contribution in [3.63, 3.8) is 0 Å². The molecule has 4 rings (SSSR count). The first-order valence-corrected chi connectivity index (χ1v) is 10.0. The Morgan fingerprint density at radius 3 is 2.06 bits per heavy atom. The van der Waals surface area contributed by atoms with Gasteiger partial charge in [0.1, 0.15) is 5.76 Å². The van der Waals surface area contributed by atoms with Crippen LogP contribution in [-0.2, 0) is 9.59 Å². The van der Waals surface area contributed by atoms with Crippen molar-refractivity contribution in [2.75, 3.05) is 4.90 Å². The molecular formula is C25H18N2O6. The Labute approximate surface area is 188 Å². The molecule has 1 N–H and O–H groups in total. The van der Waals surface area contributed by atoms with E-state index in [1.807, 2.05) is 0 Å². The quantitative estimate of drug-likeness (QED) is 0.156. The minimum Gasteiger partial charge on any atom is -0.507 e. The summed E-state index contributed by atoms with van der Waals surface area (Å²) in [7, 11) is 0. The number of hydrogen-bond donors (Lipinski definition) is 1. The van der Waals surface area contributed by atoms with Crippen LogP contribution < -0.4 is 4.90 Å². The molecule has 1 aliphatic rings. The maximum Gasteiger partial charge on any atom is 0.300 e. The molecule has 0 aromatic heterocycles. The second-order valence-corrected chi connectivity index (χ2v) is 7.49. The predicted octanol–water partition coefficient (Wildman–Crippen LogP) is 4.42. The van der Waals surface area contributed by atoms with Crippen LogP contribution in [0, 0.1) is 10.1 Å². The number of ketones is 2. The second-order valence-electron chi connectivity index (χ2n) is 7.49. The molecule has 1 saturated heterocycles. The highest BCUT2D eigenvalue weighted by Gasteiger charge is 2.47. The third kappa shape index (κ3) is 3.89. The molecule has 0 saturated carbocycles. The van der Waals surface area contributed by atoms with E-state index in [-0.39, 0.29) is 22.8 Å². The van der Waals surface area contributed by atoms with E-state index in [4.69, 9.17) is 0 Å². The van der Waals surface area contributed by atoms with Gasteiger partial charge in [-0.15, -0.1) is 0 Å². The number of hydrogen-bond acceptors (Lipinski definition) is 6. The lowest BCUT2D eigenvalue weighted by Gasteiger charge is -2.25. The lowest BCUT2D eigenvalue weighted by molar-refractivity contribution is -0.384. The number of nitrogens with zero attached hydrogens (tertiary/aromatic N) is 2. The van der Waals surface area contributed by atoms with Gasteiger partial charge in [-0.3, -0.25) is 29.4 Å². The Morgan fingerprint density at radius 2 is 1.52 bits per heavy atom. The van der Waals surface area contributed by atoms with Gasteiger partial charge < -0.3 is 5.11 Å². The standard InChI is InChI=1S/C25H18N2O6/c1-15(28)16-7-11-19(12-8-16)26-22(17-9-13-20(14-10-17)27(32)33)21(24(30)25(26)31)23(29)18-5-3-2-4-6-18/h2-14,22,29H,1H3/b23-21-. The number of nitro benzene ring substituents is 1. The number of non-ortho nitro benzene ring substituents is 1. The van der Waals surface area contributed by atoms with E-state index >= 15 is 0 Å². The summed E-state index contributed by atoms with van der Waals surface area (Å²) in [5.74, 6) is -2.23. The van der Waals surface area contributed by atoms with Crippen molar-refractivity contribution in [1.82, 2.24) is 0 Å². The number of nitro groups is 1. The summed E-state index contributed by atoms with van der Waals surface area (Å²) >= 11 is 0. The van der Waals surface area contributed by atoms with Crippen molar-refractivity contribution in [3.05, 3.63) is 111 Å². The van der Waals surface area contributed by atoms with Crippen LogP contribution in [0.4, 0.5) is 11.4 Å². The normalized spacial score (nSPS) is 17.2. The van der Waals surface area contributed by atoms with Gasteiger partial charge in [0, 0.05) is 28.9 Å². The Morgan fingerprint density at radius 1 is 0.909 bits per heavy atom. The molecule has 8 heteroatoms. The molecule has 0 aliphatic carbocycles.